The van der Waals surface area contributed by atoms with Crippen molar-refractivity contribution in [2.75, 3.05) is 29.5 Å². The number of anilines is 2. The van der Waals surface area contributed by atoms with E-state index in [4.69, 9.17) is 4.74 Å². The summed E-state index contributed by atoms with van der Waals surface area (Å²) in [6, 6.07) is 13.9. The molecule has 0 saturated heterocycles. The monoisotopic (exact) mass is 378 g/mol. The van der Waals surface area contributed by atoms with E-state index in [0.717, 1.165) is 24.1 Å². The number of amides is 2. The fourth-order valence-corrected chi connectivity index (χ4v) is 3.86. The zero-order valence-electron chi connectivity index (χ0n) is 16.7. The number of ether oxygens (including phenoxy) is 1. The fourth-order valence-electron chi connectivity index (χ4n) is 3.86. The molecule has 2 aliphatic heterocycles. The molecule has 0 unspecified atom stereocenters. The van der Waals surface area contributed by atoms with Gasteiger partial charge in [0.1, 0.15) is 12.3 Å². The van der Waals surface area contributed by atoms with E-state index in [1.54, 1.807) is 4.90 Å². The molecular formula is C23H26N2O3. The average Bonchev–Trinajstić information content (AvgIpc) is 2.68. The standard InChI is InChI=1S/C23H26N2O3/c1-23(2,3)17-10-11-19-20(13-17)28-15-22(27)25(19)14-21(26)24-12-6-8-16-7-4-5-9-18(16)24/h4-5,7,9-11,13H,6,8,12,14-15H2,1-3H3. The summed E-state index contributed by atoms with van der Waals surface area (Å²) in [5.41, 5.74) is 3.94. The Morgan fingerprint density at radius 3 is 2.68 bits per heavy atom. The first-order chi connectivity index (χ1) is 13.3. The van der Waals surface area contributed by atoms with Gasteiger partial charge in [-0.2, -0.15) is 0 Å². The molecule has 2 amide bonds. The number of para-hydroxylation sites is 1. The highest BCUT2D eigenvalue weighted by Gasteiger charge is 2.31. The first kappa shape index (κ1) is 18.5. The van der Waals surface area contributed by atoms with Crippen LogP contribution in [0.15, 0.2) is 42.5 Å². The van der Waals surface area contributed by atoms with E-state index >= 15 is 0 Å². The van der Waals surface area contributed by atoms with Crippen LogP contribution in [0, 0.1) is 0 Å². The summed E-state index contributed by atoms with van der Waals surface area (Å²) in [6.07, 6.45) is 1.92. The van der Waals surface area contributed by atoms with Gasteiger partial charge in [-0.1, -0.05) is 45.0 Å². The maximum absolute atomic E-state index is 13.1. The van der Waals surface area contributed by atoms with Crippen molar-refractivity contribution in [2.45, 2.75) is 39.0 Å². The fraction of sp³-hybridized carbons (Fsp3) is 0.391. The molecule has 0 spiro atoms. The number of aryl methyl sites for hydroxylation is 1. The summed E-state index contributed by atoms with van der Waals surface area (Å²) in [6.45, 7) is 7.08. The number of carbonyl (C=O) groups is 2. The topological polar surface area (TPSA) is 49.9 Å². The molecule has 28 heavy (non-hydrogen) atoms. The Morgan fingerprint density at radius 2 is 1.89 bits per heavy atom. The molecule has 4 rings (SSSR count). The SMILES string of the molecule is CC(C)(C)c1ccc2c(c1)OCC(=O)N2CC(=O)N1CCCc2ccccc21. The Morgan fingerprint density at radius 1 is 1.11 bits per heavy atom. The zero-order valence-corrected chi connectivity index (χ0v) is 16.7. The lowest BCUT2D eigenvalue weighted by atomic mass is 9.86. The van der Waals surface area contributed by atoms with Gasteiger partial charge in [-0.25, -0.2) is 0 Å². The summed E-state index contributed by atoms with van der Waals surface area (Å²) in [5.74, 6) is 0.418. The smallest absolute Gasteiger partial charge is 0.265 e. The van der Waals surface area contributed by atoms with Crippen LogP contribution in [-0.4, -0.2) is 31.5 Å². The largest absolute Gasteiger partial charge is 0.482 e. The van der Waals surface area contributed by atoms with E-state index in [2.05, 4.69) is 26.8 Å². The summed E-state index contributed by atoms with van der Waals surface area (Å²) in [7, 11) is 0. The van der Waals surface area contributed by atoms with Crippen molar-refractivity contribution in [1.82, 2.24) is 0 Å². The summed E-state index contributed by atoms with van der Waals surface area (Å²) in [4.78, 5) is 29.0. The van der Waals surface area contributed by atoms with Gasteiger partial charge in [0, 0.05) is 12.2 Å². The van der Waals surface area contributed by atoms with Gasteiger partial charge in [-0.15, -0.1) is 0 Å². The maximum Gasteiger partial charge on any atom is 0.265 e. The quantitative estimate of drug-likeness (QED) is 0.801. The van der Waals surface area contributed by atoms with E-state index in [0.29, 0.717) is 18.0 Å². The molecule has 0 saturated carbocycles. The number of fused-ring (bicyclic) bond motifs is 2. The third-order valence-corrected chi connectivity index (χ3v) is 5.47. The second kappa shape index (κ2) is 6.97. The van der Waals surface area contributed by atoms with Gasteiger partial charge in [0.2, 0.25) is 5.91 Å². The first-order valence-electron chi connectivity index (χ1n) is 9.80. The lowest BCUT2D eigenvalue weighted by Crippen LogP contribution is -2.47. The van der Waals surface area contributed by atoms with Crippen molar-refractivity contribution in [1.29, 1.82) is 0 Å². The molecule has 0 aromatic heterocycles. The highest BCUT2D eigenvalue weighted by Crippen LogP contribution is 2.36. The summed E-state index contributed by atoms with van der Waals surface area (Å²) >= 11 is 0. The summed E-state index contributed by atoms with van der Waals surface area (Å²) in [5, 5.41) is 0. The Hall–Kier alpha value is -2.82. The maximum atomic E-state index is 13.1. The van der Waals surface area contributed by atoms with Crippen LogP contribution in [-0.2, 0) is 21.4 Å². The van der Waals surface area contributed by atoms with Crippen LogP contribution in [0.1, 0.15) is 38.3 Å². The van der Waals surface area contributed by atoms with Crippen LogP contribution in [0.4, 0.5) is 11.4 Å². The average molecular weight is 378 g/mol. The Labute approximate surface area is 165 Å². The van der Waals surface area contributed by atoms with Gasteiger partial charge in [-0.3, -0.25) is 14.5 Å². The van der Waals surface area contributed by atoms with E-state index in [9.17, 15) is 9.59 Å². The van der Waals surface area contributed by atoms with E-state index in [-0.39, 0.29) is 30.4 Å². The highest BCUT2D eigenvalue weighted by molar-refractivity contribution is 6.06. The zero-order chi connectivity index (χ0) is 19.9. The number of carbonyl (C=O) groups excluding carboxylic acids is 2. The molecule has 2 aromatic carbocycles. The second-order valence-corrected chi connectivity index (χ2v) is 8.48. The molecule has 0 aliphatic carbocycles. The molecule has 0 bridgehead atoms. The first-order valence-corrected chi connectivity index (χ1v) is 9.80. The van der Waals surface area contributed by atoms with E-state index in [1.165, 1.54) is 5.56 Å². The van der Waals surface area contributed by atoms with Crippen molar-refractivity contribution in [2.24, 2.45) is 0 Å². The van der Waals surface area contributed by atoms with Gasteiger partial charge < -0.3 is 9.64 Å². The van der Waals surface area contributed by atoms with Crippen LogP contribution in [0.2, 0.25) is 0 Å². The van der Waals surface area contributed by atoms with Gasteiger partial charge in [-0.05, 0) is 47.6 Å². The van der Waals surface area contributed by atoms with E-state index < -0.39 is 0 Å². The third-order valence-electron chi connectivity index (χ3n) is 5.47. The lowest BCUT2D eigenvalue weighted by molar-refractivity contribution is -0.124. The predicted molar refractivity (Wildman–Crippen MR) is 110 cm³/mol. The van der Waals surface area contributed by atoms with Gasteiger partial charge in [0.25, 0.3) is 5.91 Å². The van der Waals surface area contributed by atoms with Crippen molar-refractivity contribution in [3.8, 4) is 5.75 Å². The van der Waals surface area contributed by atoms with Gasteiger partial charge in [0.05, 0.1) is 5.69 Å². The number of benzene rings is 2. The molecule has 0 radical (unpaired) electrons. The number of rotatable bonds is 2. The molecule has 5 heteroatoms. The third kappa shape index (κ3) is 3.37. The Kier molecular flexibility index (Phi) is 4.61. The van der Waals surface area contributed by atoms with Crippen LogP contribution >= 0.6 is 0 Å². The number of hydrogen-bond donors (Lipinski definition) is 0. The molecule has 2 heterocycles. The van der Waals surface area contributed by atoms with Crippen molar-refractivity contribution < 1.29 is 14.3 Å². The minimum absolute atomic E-state index is 0.0159. The lowest BCUT2D eigenvalue weighted by Gasteiger charge is -2.34. The van der Waals surface area contributed by atoms with Crippen molar-refractivity contribution >= 4 is 23.2 Å². The highest BCUT2D eigenvalue weighted by atomic mass is 16.5. The van der Waals surface area contributed by atoms with E-state index in [1.807, 2.05) is 41.3 Å². The minimum Gasteiger partial charge on any atom is -0.482 e. The molecule has 2 aliphatic rings. The van der Waals surface area contributed by atoms with Crippen LogP contribution in [0.5, 0.6) is 5.75 Å². The molecular weight excluding hydrogens is 352 g/mol. The van der Waals surface area contributed by atoms with Crippen LogP contribution < -0.4 is 14.5 Å². The molecule has 0 fully saturated rings. The van der Waals surface area contributed by atoms with Crippen LogP contribution in [0.3, 0.4) is 0 Å². The Balaban J connectivity index is 1.61. The van der Waals surface area contributed by atoms with Gasteiger partial charge >= 0.3 is 0 Å². The molecule has 0 N–H and O–H groups in total. The minimum atomic E-state index is -0.186. The molecule has 0 atom stereocenters. The molecule has 5 nitrogen and oxygen atoms in total. The second-order valence-electron chi connectivity index (χ2n) is 8.48. The number of nitrogens with zero attached hydrogens (tertiary/aromatic N) is 2. The summed E-state index contributed by atoms with van der Waals surface area (Å²) < 4.78 is 5.67. The number of hydrogen-bond acceptors (Lipinski definition) is 3. The predicted octanol–water partition coefficient (Wildman–Crippen LogP) is 3.69. The van der Waals surface area contributed by atoms with Crippen molar-refractivity contribution in [3.63, 3.8) is 0 Å². The molecule has 2 aromatic rings. The van der Waals surface area contributed by atoms with Gasteiger partial charge in [0.15, 0.2) is 6.61 Å². The molecule has 146 valence electrons. The Bertz CT molecular complexity index is 930. The van der Waals surface area contributed by atoms with Crippen molar-refractivity contribution in [3.05, 3.63) is 53.6 Å². The van der Waals surface area contributed by atoms with Crippen LogP contribution in [0.25, 0.3) is 0 Å². The normalized spacial score (nSPS) is 16.3.